The first kappa shape index (κ1) is 15.3. The van der Waals surface area contributed by atoms with Crippen molar-refractivity contribution in [1.82, 2.24) is 10.2 Å². The number of nitrogens with zero attached hydrogens (tertiary/aromatic N) is 1. The van der Waals surface area contributed by atoms with Gasteiger partial charge in [-0.3, -0.25) is 9.59 Å². The number of benzene rings is 1. The SMILES string of the molecule is O=C(CCc1cccc(Cl)c1)N1CC[C@]2(CCCNC2=O)C1. The Hall–Kier alpha value is -1.55. The Balaban J connectivity index is 1.56. The van der Waals surface area contributed by atoms with Crippen LogP contribution < -0.4 is 5.32 Å². The fourth-order valence-corrected chi connectivity index (χ4v) is 3.72. The molecule has 5 heteroatoms. The highest BCUT2D eigenvalue weighted by Crippen LogP contribution is 2.37. The summed E-state index contributed by atoms with van der Waals surface area (Å²) in [6, 6.07) is 7.62. The van der Waals surface area contributed by atoms with Crippen molar-refractivity contribution < 1.29 is 9.59 Å². The van der Waals surface area contributed by atoms with Crippen molar-refractivity contribution in [2.75, 3.05) is 19.6 Å². The zero-order chi connectivity index (χ0) is 15.6. The highest BCUT2D eigenvalue weighted by atomic mass is 35.5. The maximum Gasteiger partial charge on any atom is 0.228 e. The van der Waals surface area contributed by atoms with E-state index < -0.39 is 0 Å². The molecule has 2 fully saturated rings. The van der Waals surface area contributed by atoms with Gasteiger partial charge in [0.05, 0.1) is 5.41 Å². The molecule has 0 aromatic heterocycles. The van der Waals surface area contributed by atoms with Crippen LogP contribution in [0, 0.1) is 5.41 Å². The number of rotatable bonds is 3. The molecule has 2 amide bonds. The smallest absolute Gasteiger partial charge is 0.228 e. The summed E-state index contributed by atoms with van der Waals surface area (Å²) < 4.78 is 0. The minimum atomic E-state index is -0.329. The van der Waals surface area contributed by atoms with E-state index in [2.05, 4.69) is 5.32 Å². The lowest BCUT2D eigenvalue weighted by Crippen LogP contribution is -2.47. The molecule has 1 aromatic rings. The lowest BCUT2D eigenvalue weighted by molar-refractivity contribution is -0.134. The third-order valence-corrected chi connectivity index (χ3v) is 5.06. The first-order valence-electron chi connectivity index (χ1n) is 7.90. The van der Waals surface area contributed by atoms with Gasteiger partial charge in [0.15, 0.2) is 0 Å². The lowest BCUT2D eigenvalue weighted by Gasteiger charge is -2.32. The number of hydrogen-bond acceptors (Lipinski definition) is 2. The number of hydrogen-bond donors (Lipinski definition) is 1. The lowest BCUT2D eigenvalue weighted by atomic mass is 9.79. The van der Waals surface area contributed by atoms with Gasteiger partial charge in [0, 0.05) is 31.1 Å². The predicted octanol–water partition coefficient (Wildman–Crippen LogP) is 2.40. The van der Waals surface area contributed by atoms with Crippen LogP contribution in [0.4, 0.5) is 0 Å². The molecule has 118 valence electrons. The van der Waals surface area contributed by atoms with Crippen molar-refractivity contribution in [3.8, 4) is 0 Å². The molecule has 1 aromatic carbocycles. The normalized spacial score (nSPS) is 24.6. The largest absolute Gasteiger partial charge is 0.356 e. The van der Waals surface area contributed by atoms with E-state index in [9.17, 15) is 9.59 Å². The van der Waals surface area contributed by atoms with Crippen LogP contribution >= 0.6 is 11.6 Å². The number of likely N-dealkylation sites (tertiary alicyclic amines) is 1. The third-order valence-electron chi connectivity index (χ3n) is 4.82. The second-order valence-corrected chi connectivity index (χ2v) is 6.77. The van der Waals surface area contributed by atoms with Crippen LogP contribution in [-0.2, 0) is 16.0 Å². The molecule has 22 heavy (non-hydrogen) atoms. The van der Waals surface area contributed by atoms with Crippen molar-refractivity contribution in [1.29, 1.82) is 0 Å². The molecule has 0 bridgehead atoms. The van der Waals surface area contributed by atoms with Crippen molar-refractivity contribution in [2.24, 2.45) is 5.41 Å². The van der Waals surface area contributed by atoms with Gasteiger partial charge < -0.3 is 10.2 Å². The van der Waals surface area contributed by atoms with Gasteiger partial charge in [-0.2, -0.15) is 0 Å². The van der Waals surface area contributed by atoms with Crippen LogP contribution in [-0.4, -0.2) is 36.3 Å². The zero-order valence-corrected chi connectivity index (χ0v) is 13.4. The van der Waals surface area contributed by atoms with Gasteiger partial charge in [-0.25, -0.2) is 0 Å². The highest BCUT2D eigenvalue weighted by Gasteiger charge is 2.46. The average Bonchev–Trinajstić information content (AvgIpc) is 2.93. The molecule has 0 unspecified atom stereocenters. The van der Waals surface area contributed by atoms with Gasteiger partial charge in [-0.15, -0.1) is 0 Å². The van der Waals surface area contributed by atoms with Gasteiger partial charge in [0.25, 0.3) is 0 Å². The van der Waals surface area contributed by atoms with E-state index in [4.69, 9.17) is 11.6 Å². The van der Waals surface area contributed by atoms with E-state index in [1.165, 1.54) is 0 Å². The van der Waals surface area contributed by atoms with Crippen molar-refractivity contribution in [3.05, 3.63) is 34.9 Å². The summed E-state index contributed by atoms with van der Waals surface area (Å²) in [7, 11) is 0. The zero-order valence-electron chi connectivity index (χ0n) is 12.6. The molecule has 0 aliphatic carbocycles. The number of carbonyl (C=O) groups excluding carboxylic acids is 2. The van der Waals surface area contributed by atoms with Crippen molar-refractivity contribution in [3.63, 3.8) is 0 Å². The summed E-state index contributed by atoms with van der Waals surface area (Å²) >= 11 is 5.96. The molecule has 2 aliphatic heterocycles. The van der Waals surface area contributed by atoms with Crippen LogP contribution in [0.25, 0.3) is 0 Å². The van der Waals surface area contributed by atoms with Crippen LogP contribution in [0.3, 0.4) is 0 Å². The summed E-state index contributed by atoms with van der Waals surface area (Å²) in [6.07, 6.45) is 3.86. The molecule has 2 aliphatic rings. The molecule has 1 N–H and O–H groups in total. The fourth-order valence-electron chi connectivity index (χ4n) is 3.51. The van der Waals surface area contributed by atoms with E-state index in [1.54, 1.807) is 0 Å². The number of amides is 2. The number of piperidine rings is 1. The second kappa shape index (κ2) is 6.29. The molecule has 0 saturated carbocycles. The van der Waals surface area contributed by atoms with E-state index in [0.29, 0.717) is 31.0 Å². The standard InChI is InChI=1S/C17H21ClN2O2/c18-14-4-1-3-13(11-14)5-6-15(21)20-10-8-17(12-20)7-2-9-19-16(17)22/h1,3-4,11H,2,5-10,12H2,(H,19,22)/t17-/m1/s1. The summed E-state index contributed by atoms with van der Waals surface area (Å²) in [5, 5.41) is 3.64. The van der Waals surface area contributed by atoms with Gasteiger partial charge in [0.2, 0.25) is 11.8 Å². The summed E-state index contributed by atoms with van der Waals surface area (Å²) in [4.78, 5) is 26.4. The number of halogens is 1. The summed E-state index contributed by atoms with van der Waals surface area (Å²) in [5.41, 5.74) is 0.745. The van der Waals surface area contributed by atoms with Crippen molar-refractivity contribution >= 4 is 23.4 Å². The Bertz CT molecular complexity index is 590. The maximum absolute atomic E-state index is 12.4. The number of nitrogens with one attached hydrogen (secondary N) is 1. The molecule has 1 spiro atoms. The van der Waals surface area contributed by atoms with Gasteiger partial charge in [-0.05, 0) is 43.4 Å². The Labute approximate surface area is 135 Å². The Morgan fingerprint density at radius 2 is 2.23 bits per heavy atom. The van der Waals surface area contributed by atoms with E-state index in [-0.39, 0.29) is 17.2 Å². The molecule has 2 saturated heterocycles. The Morgan fingerprint density at radius 3 is 3.00 bits per heavy atom. The highest BCUT2D eigenvalue weighted by molar-refractivity contribution is 6.30. The van der Waals surface area contributed by atoms with E-state index in [0.717, 1.165) is 31.4 Å². The van der Waals surface area contributed by atoms with Crippen LogP contribution in [0.1, 0.15) is 31.2 Å². The van der Waals surface area contributed by atoms with Crippen LogP contribution in [0.5, 0.6) is 0 Å². The molecule has 4 nitrogen and oxygen atoms in total. The molecular weight excluding hydrogens is 300 g/mol. The molecule has 3 rings (SSSR count). The van der Waals surface area contributed by atoms with Gasteiger partial charge in [0.1, 0.15) is 0 Å². The van der Waals surface area contributed by atoms with Crippen molar-refractivity contribution in [2.45, 2.75) is 32.1 Å². The Morgan fingerprint density at radius 1 is 1.36 bits per heavy atom. The minimum Gasteiger partial charge on any atom is -0.356 e. The molecule has 2 heterocycles. The molecule has 0 radical (unpaired) electrons. The summed E-state index contributed by atoms with van der Waals surface area (Å²) in [5.74, 6) is 0.263. The van der Waals surface area contributed by atoms with Crippen LogP contribution in [0.2, 0.25) is 5.02 Å². The molecule has 1 atom stereocenters. The second-order valence-electron chi connectivity index (χ2n) is 6.33. The van der Waals surface area contributed by atoms with E-state index in [1.807, 2.05) is 29.2 Å². The average molecular weight is 321 g/mol. The third kappa shape index (κ3) is 3.12. The fraction of sp³-hybridized carbons (Fsp3) is 0.529. The first-order chi connectivity index (χ1) is 10.6. The topological polar surface area (TPSA) is 49.4 Å². The number of carbonyl (C=O) groups is 2. The monoisotopic (exact) mass is 320 g/mol. The quantitative estimate of drug-likeness (QED) is 0.929. The van der Waals surface area contributed by atoms with Gasteiger partial charge >= 0.3 is 0 Å². The van der Waals surface area contributed by atoms with E-state index >= 15 is 0 Å². The van der Waals surface area contributed by atoms with Crippen LogP contribution in [0.15, 0.2) is 24.3 Å². The minimum absolute atomic E-state index is 0.129. The van der Waals surface area contributed by atoms with Gasteiger partial charge in [-0.1, -0.05) is 23.7 Å². The number of aryl methyl sites for hydroxylation is 1. The molecular formula is C17H21ClN2O2. The predicted molar refractivity (Wildman–Crippen MR) is 85.6 cm³/mol. The summed E-state index contributed by atoms with van der Waals surface area (Å²) in [6.45, 7) is 2.04. The maximum atomic E-state index is 12.4. The first-order valence-corrected chi connectivity index (χ1v) is 8.27. The Kier molecular flexibility index (Phi) is 4.39.